The molecule has 0 spiro atoms. The molecule has 0 fully saturated rings. The van der Waals surface area contributed by atoms with Gasteiger partial charge in [0, 0.05) is 0 Å². The smallest absolute Gasteiger partial charge is 0.434 e. The first-order valence-corrected chi connectivity index (χ1v) is 5.77. The lowest BCUT2D eigenvalue weighted by atomic mass is 10.1. The molecule has 3 nitrogen and oxygen atoms in total. The summed E-state index contributed by atoms with van der Waals surface area (Å²) in [5.41, 5.74) is 1.31. The second kappa shape index (κ2) is 8.39. The summed E-state index contributed by atoms with van der Waals surface area (Å²) in [6, 6.07) is 10.2. The summed E-state index contributed by atoms with van der Waals surface area (Å²) in [4.78, 5) is 10.9. The molecule has 0 bridgehead atoms. The van der Waals surface area contributed by atoms with E-state index in [-0.39, 0.29) is 6.61 Å². The Morgan fingerprint density at radius 3 is 2.65 bits per heavy atom. The molecule has 0 aromatic heterocycles. The highest BCUT2D eigenvalue weighted by atomic mass is 16.7. The SMILES string of the molecule is C=CCOC(=O)OCCCCc1ccccc1. The fourth-order valence-corrected chi connectivity index (χ4v) is 1.40. The molecule has 0 aliphatic carbocycles. The number of rotatable bonds is 7. The fourth-order valence-electron chi connectivity index (χ4n) is 1.40. The van der Waals surface area contributed by atoms with Crippen LogP contribution in [0.4, 0.5) is 4.79 Å². The van der Waals surface area contributed by atoms with Crippen LogP contribution in [0, 0.1) is 0 Å². The third kappa shape index (κ3) is 6.40. The van der Waals surface area contributed by atoms with Gasteiger partial charge in [-0.2, -0.15) is 0 Å². The first-order chi connectivity index (χ1) is 8.33. The van der Waals surface area contributed by atoms with Crippen LogP contribution in [-0.4, -0.2) is 19.4 Å². The van der Waals surface area contributed by atoms with E-state index in [1.807, 2.05) is 18.2 Å². The van der Waals surface area contributed by atoms with Crippen molar-refractivity contribution < 1.29 is 14.3 Å². The van der Waals surface area contributed by atoms with Crippen LogP contribution in [0.3, 0.4) is 0 Å². The minimum atomic E-state index is -0.621. The molecule has 0 unspecified atom stereocenters. The molecule has 1 rings (SSSR count). The summed E-state index contributed by atoms with van der Waals surface area (Å²) in [5.74, 6) is 0. The third-order valence-corrected chi connectivity index (χ3v) is 2.24. The molecular formula is C14H18O3. The molecule has 0 aliphatic heterocycles. The maximum absolute atomic E-state index is 10.9. The number of benzene rings is 1. The van der Waals surface area contributed by atoms with Crippen LogP contribution in [0.2, 0.25) is 0 Å². The Morgan fingerprint density at radius 2 is 1.94 bits per heavy atom. The van der Waals surface area contributed by atoms with Crippen molar-refractivity contribution in [2.75, 3.05) is 13.2 Å². The number of ether oxygens (including phenoxy) is 2. The van der Waals surface area contributed by atoms with Crippen molar-refractivity contribution >= 4 is 6.16 Å². The molecule has 1 aromatic rings. The molecular weight excluding hydrogens is 216 g/mol. The summed E-state index contributed by atoms with van der Waals surface area (Å²) < 4.78 is 9.55. The van der Waals surface area contributed by atoms with Gasteiger partial charge in [-0.15, -0.1) is 0 Å². The number of carbonyl (C=O) groups excluding carboxylic acids is 1. The normalized spacial score (nSPS) is 9.65. The first kappa shape index (κ1) is 13.3. The molecule has 0 saturated carbocycles. The van der Waals surface area contributed by atoms with E-state index in [4.69, 9.17) is 4.74 Å². The van der Waals surface area contributed by atoms with Gasteiger partial charge in [0.2, 0.25) is 0 Å². The van der Waals surface area contributed by atoms with Gasteiger partial charge >= 0.3 is 6.16 Å². The van der Waals surface area contributed by atoms with Gasteiger partial charge in [-0.1, -0.05) is 43.0 Å². The number of unbranched alkanes of at least 4 members (excludes halogenated alkanes) is 1. The van der Waals surface area contributed by atoms with E-state index in [1.54, 1.807) is 0 Å². The maximum atomic E-state index is 10.9. The molecule has 0 N–H and O–H groups in total. The van der Waals surface area contributed by atoms with Crippen LogP contribution >= 0.6 is 0 Å². The van der Waals surface area contributed by atoms with Crippen LogP contribution in [0.15, 0.2) is 43.0 Å². The van der Waals surface area contributed by atoms with E-state index in [2.05, 4.69) is 23.4 Å². The summed E-state index contributed by atoms with van der Waals surface area (Å²) in [6.07, 6.45) is 3.74. The second-order valence-electron chi connectivity index (χ2n) is 3.64. The molecule has 92 valence electrons. The van der Waals surface area contributed by atoms with Gasteiger partial charge in [0.15, 0.2) is 0 Å². The minimum Gasteiger partial charge on any atom is -0.434 e. The molecule has 0 aliphatic rings. The average Bonchev–Trinajstić information content (AvgIpc) is 2.37. The van der Waals surface area contributed by atoms with Crippen LogP contribution < -0.4 is 0 Å². The molecule has 3 heteroatoms. The van der Waals surface area contributed by atoms with Crippen molar-refractivity contribution in [3.63, 3.8) is 0 Å². The topological polar surface area (TPSA) is 35.5 Å². The lowest BCUT2D eigenvalue weighted by Crippen LogP contribution is -2.08. The Balaban J connectivity index is 2.01. The van der Waals surface area contributed by atoms with Crippen molar-refractivity contribution in [2.45, 2.75) is 19.3 Å². The van der Waals surface area contributed by atoms with Crippen LogP contribution in [0.1, 0.15) is 18.4 Å². The van der Waals surface area contributed by atoms with E-state index in [9.17, 15) is 4.79 Å². The Kier molecular flexibility index (Phi) is 6.56. The molecule has 0 saturated heterocycles. The highest BCUT2D eigenvalue weighted by Gasteiger charge is 2.01. The van der Waals surface area contributed by atoms with Gasteiger partial charge in [-0.25, -0.2) is 4.79 Å². The fraction of sp³-hybridized carbons (Fsp3) is 0.357. The lowest BCUT2D eigenvalue weighted by Gasteiger charge is -2.04. The second-order valence-corrected chi connectivity index (χ2v) is 3.64. The molecule has 0 radical (unpaired) electrons. The number of aryl methyl sites for hydroxylation is 1. The Bertz CT molecular complexity index is 333. The third-order valence-electron chi connectivity index (χ3n) is 2.24. The number of carbonyl (C=O) groups is 1. The monoisotopic (exact) mass is 234 g/mol. The Labute approximate surface area is 102 Å². The van der Waals surface area contributed by atoms with Crippen molar-refractivity contribution in [3.8, 4) is 0 Å². The lowest BCUT2D eigenvalue weighted by molar-refractivity contribution is 0.0621. The van der Waals surface area contributed by atoms with E-state index in [0.29, 0.717) is 6.61 Å². The summed E-state index contributed by atoms with van der Waals surface area (Å²) in [7, 11) is 0. The van der Waals surface area contributed by atoms with Crippen molar-refractivity contribution in [1.29, 1.82) is 0 Å². The van der Waals surface area contributed by atoms with E-state index < -0.39 is 6.16 Å². The van der Waals surface area contributed by atoms with Crippen LogP contribution in [0.5, 0.6) is 0 Å². The summed E-state index contributed by atoms with van der Waals surface area (Å²) in [6.45, 7) is 4.05. The molecule has 17 heavy (non-hydrogen) atoms. The van der Waals surface area contributed by atoms with Gasteiger partial charge in [0.05, 0.1) is 6.61 Å². The van der Waals surface area contributed by atoms with Gasteiger partial charge in [0.25, 0.3) is 0 Å². The molecule has 0 atom stereocenters. The number of hydrogen-bond donors (Lipinski definition) is 0. The highest BCUT2D eigenvalue weighted by Crippen LogP contribution is 2.04. The van der Waals surface area contributed by atoms with Gasteiger partial charge < -0.3 is 9.47 Å². The van der Waals surface area contributed by atoms with Crippen molar-refractivity contribution in [1.82, 2.24) is 0 Å². The number of hydrogen-bond acceptors (Lipinski definition) is 3. The average molecular weight is 234 g/mol. The predicted octanol–water partition coefficient (Wildman–Crippen LogP) is 3.35. The summed E-state index contributed by atoms with van der Waals surface area (Å²) in [5, 5.41) is 0. The van der Waals surface area contributed by atoms with Crippen LogP contribution in [0.25, 0.3) is 0 Å². The minimum absolute atomic E-state index is 0.197. The standard InChI is InChI=1S/C14H18O3/c1-2-11-16-14(15)17-12-7-6-10-13-8-4-3-5-9-13/h2-5,8-9H,1,6-7,10-12H2. The zero-order valence-electron chi connectivity index (χ0n) is 9.93. The van der Waals surface area contributed by atoms with Crippen LogP contribution in [-0.2, 0) is 15.9 Å². The largest absolute Gasteiger partial charge is 0.508 e. The van der Waals surface area contributed by atoms with Crippen molar-refractivity contribution in [3.05, 3.63) is 48.6 Å². The van der Waals surface area contributed by atoms with E-state index in [0.717, 1.165) is 19.3 Å². The van der Waals surface area contributed by atoms with Crippen molar-refractivity contribution in [2.24, 2.45) is 0 Å². The molecule has 1 aromatic carbocycles. The summed E-state index contributed by atoms with van der Waals surface area (Å²) >= 11 is 0. The van der Waals surface area contributed by atoms with Gasteiger partial charge in [-0.3, -0.25) is 0 Å². The Morgan fingerprint density at radius 1 is 1.18 bits per heavy atom. The maximum Gasteiger partial charge on any atom is 0.508 e. The van der Waals surface area contributed by atoms with Gasteiger partial charge in [-0.05, 0) is 24.8 Å². The molecule has 0 heterocycles. The van der Waals surface area contributed by atoms with E-state index >= 15 is 0 Å². The zero-order valence-corrected chi connectivity index (χ0v) is 9.93. The zero-order chi connectivity index (χ0) is 12.3. The van der Waals surface area contributed by atoms with E-state index in [1.165, 1.54) is 11.6 Å². The first-order valence-electron chi connectivity index (χ1n) is 5.77. The highest BCUT2D eigenvalue weighted by molar-refractivity contribution is 5.59. The molecule has 0 amide bonds. The predicted molar refractivity (Wildman–Crippen MR) is 66.9 cm³/mol. The quantitative estimate of drug-likeness (QED) is 0.412. The van der Waals surface area contributed by atoms with Gasteiger partial charge in [0.1, 0.15) is 6.61 Å². The Hall–Kier alpha value is -1.77.